The van der Waals surface area contributed by atoms with E-state index < -0.39 is 5.60 Å². The molecule has 2 rings (SSSR count). The summed E-state index contributed by atoms with van der Waals surface area (Å²) in [6.45, 7) is 9.15. The third-order valence-electron chi connectivity index (χ3n) is 3.98. The van der Waals surface area contributed by atoms with Crippen molar-refractivity contribution in [3.63, 3.8) is 0 Å². The largest absolute Gasteiger partial charge is 0.444 e. The average Bonchev–Trinajstić information content (AvgIpc) is 2.45. The lowest BCUT2D eigenvalue weighted by molar-refractivity contribution is 0.0148. The molecule has 1 atom stereocenters. The summed E-state index contributed by atoms with van der Waals surface area (Å²) in [6, 6.07) is 4.08. The molecule has 1 aliphatic heterocycles. The third-order valence-corrected chi connectivity index (χ3v) is 4.42. The maximum atomic E-state index is 12.3. The van der Waals surface area contributed by atoms with Gasteiger partial charge in [0.2, 0.25) is 0 Å². The molecule has 0 aliphatic carbocycles. The second kappa shape index (κ2) is 8.30. The number of halogens is 1. The van der Waals surface area contributed by atoms with Crippen LogP contribution in [0, 0.1) is 5.92 Å². The Morgan fingerprint density at radius 1 is 1.50 bits per heavy atom. The fraction of sp³-hybridized carbons (Fsp3) is 0.667. The maximum Gasteiger partial charge on any atom is 0.410 e. The summed E-state index contributed by atoms with van der Waals surface area (Å²) in [5, 5.41) is 0. The van der Waals surface area contributed by atoms with Crippen LogP contribution in [0.2, 0.25) is 0 Å². The van der Waals surface area contributed by atoms with Gasteiger partial charge in [-0.1, -0.05) is 0 Å². The number of rotatable bonds is 4. The fourth-order valence-electron chi connectivity index (χ4n) is 3.06. The number of pyridine rings is 1. The molecule has 2 heterocycles. The lowest BCUT2D eigenvalue weighted by Gasteiger charge is -2.35. The van der Waals surface area contributed by atoms with E-state index in [0.717, 1.165) is 43.6 Å². The lowest BCUT2D eigenvalue weighted by atomic mass is 9.97. The second-order valence-electron chi connectivity index (χ2n) is 7.62. The highest BCUT2D eigenvalue weighted by atomic mass is 79.9. The zero-order valence-corrected chi connectivity index (χ0v) is 16.7. The van der Waals surface area contributed by atoms with Gasteiger partial charge in [-0.25, -0.2) is 9.78 Å². The third kappa shape index (κ3) is 6.40. The molecule has 5 nitrogen and oxygen atoms in total. The van der Waals surface area contributed by atoms with Gasteiger partial charge in [-0.15, -0.1) is 0 Å². The summed E-state index contributed by atoms with van der Waals surface area (Å²) < 4.78 is 6.36. The standard InChI is InChI=1S/C18H28BrN3O2/c1-18(2,3)24-17(23)22-9-5-6-15(13-22)12-21(4)11-14-7-8-20-16(19)10-14/h7-8,10,15H,5-6,9,11-13H2,1-4H3/t15-/m1/s1. The van der Waals surface area contributed by atoms with E-state index in [9.17, 15) is 4.79 Å². The molecule has 0 radical (unpaired) electrons. The Morgan fingerprint density at radius 2 is 2.25 bits per heavy atom. The highest BCUT2D eigenvalue weighted by molar-refractivity contribution is 9.10. The smallest absolute Gasteiger partial charge is 0.410 e. The predicted molar refractivity (Wildman–Crippen MR) is 98.8 cm³/mol. The monoisotopic (exact) mass is 397 g/mol. The van der Waals surface area contributed by atoms with Gasteiger partial charge in [0, 0.05) is 32.4 Å². The van der Waals surface area contributed by atoms with E-state index in [1.807, 2.05) is 44.0 Å². The molecule has 1 amide bonds. The summed E-state index contributed by atoms with van der Waals surface area (Å²) >= 11 is 3.41. The van der Waals surface area contributed by atoms with Crippen molar-refractivity contribution < 1.29 is 9.53 Å². The Bertz CT molecular complexity index is 559. The first-order valence-corrected chi connectivity index (χ1v) is 9.29. The van der Waals surface area contributed by atoms with E-state index in [-0.39, 0.29) is 6.09 Å². The van der Waals surface area contributed by atoms with Crippen LogP contribution in [0.25, 0.3) is 0 Å². The van der Waals surface area contributed by atoms with Crippen LogP contribution in [-0.2, 0) is 11.3 Å². The Hall–Kier alpha value is -1.14. The molecule has 1 aliphatic rings. The molecule has 1 fully saturated rings. The van der Waals surface area contributed by atoms with Crippen molar-refractivity contribution in [2.24, 2.45) is 5.92 Å². The molecule has 1 aromatic rings. The molecule has 0 saturated carbocycles. The molecule has 0 bridgehead atoms. The van der Waals surface area contributed by atoms with Crippen LogP contribution in [0.3, 0.4) is 0 Å². The lowest BCUT2D eigenvalue weighted by Crippen LogP contribution is -2.45. The second-order valence-corrected chi connectivity index (χ2v) is 8.43. The van der Waals surface area contributed by atoms with Crippen molar-refractivity contribution in [1.29, 1.82) is 0 Å². The summed E-state index contributed by atoms with van der Waals surface area (Å²) in [6.07, 6.45) is 3.83. The maximum absolute atomic E-state index is 12.3. The van der Waals surface area contributed by atoms with Crippen molar-refractivity contribution in [3.05, 3.63) is 28.5 Å². The normalized spacial score (nSPS) is 18.8. The number of piperidine rings is 1. The van der Waals surface area contributed by atoms with Crippen LogP contribution in [0.5, 0.6) is 0 Å². The molecule has 134 valence electrons. The zero-order chi connectivity index (χ0) is 17.7. The molecule has 0 spiro atoms. The van der Waals surface area contributed by atoms with Gasteiger partial charge in [0.05, 0.1) is 0 Å². The molecular weight excluding hydrogens is 370 g/mol. The number of likely N-dealkylation sites (tertiary alicyclic amines) is 1. The first-order valence-electron chi connectivity index (χ1n) is 8.50. The van der Waals surface area contributed by atoms with E-state index >= 15 is 0 Å². The van der Waals surface area contributed by atoms with E-state index in [1.165, 1.54) is 5.56 Å². The number of ether oxygens (including phenoxy) is 1. The first kappa shape index (κ1) is 19.2. The molecule has 24 heavy (non-hydrogen) atoms. The Labute approximate surface area is 153 Å². The molecule has 1 saturated heterocycles. The van der Waals surface area contributed by atoms with Gasteiger partial charge < -0.3 is 14.5 Å². The van der Waals surface area contributed by atoms with E-state index in [0.29, 0.717) is 5.92 Å². The van der Waals surface area contributed by atoms with Crippen LogP contribution < -0.4 is 0 Å². The highest BCUT2D eigenvalue weighted by Crippen LogP contribution is 2.21. The number of hydrogen-bond acceptors (Lipinski definition) is 4. The molecule has 6 heteroatoms. The highest BCUT2D eigenvalue weighted by Gasteiger charge is 2.28. The molecule has 0 unspecified atom stereocenters. The number of aromatic nitrogens is 1. The molecule has 0 N–H and O–H groups in total. The topological polar surface area (TPSA) is 45.7 Å². The van der Waals surface area contributed by atoms with Crippen molar-refractivity contribution in [3.8, 4) is 0 Å². The summed E-state index contributed by atoms with van der Waals surface area (Å²) in [4.78, 5) is 20.6. The predicted octanol–water partition coefficient (Wildman–Crippen LogP) is 3.92. The van der Waals surface area contributed by atoms with Gasteiger partial charge in [-0.2, -0.15) is 0 Å². The van der Waals surface area contributed by atoms with Gasteiger partial charge in [0.25, 0.3) is 0 Å². The van der Waals surface area contributed by atoms with Gasteiger partial charge in [-0.3, -0.25) is 0 Å². The Morgan fingerprint density at radius 3 is 2.92 bits per heavy atom. The number of hydrogen-bond donors (Lipinski definition) is 0. The van der Waals surface area contributed by atoms with Crippen LogP contribution in [-0.4, -0.2) is 53.2 Å². The SMILES string of the molecule is CN(Cc1ccnc(Br)c1)C[C@H]1CCCN(C(=O)OC(C)(C)C)C1. The molecular formula is C18H28BrN3O2. The van der Waals surface area contributed by atoms with Crippen LogP contribution in [0.4, 0.5) is 4.79 Å². The minimum atomic E-state index is -0.435. The van der Waals surface area contributed by atoms with E-state index in [2.05, 4.69) is 32.9 Å². The Balaban J connectivity index is 1.84. The van der Waals surface area contributed by atoms with Crippen LogP contribution in [0.15, 0.2) is 22.9 Å². The number of carbonyl (C=O) groups excluding carboxylic acids is 1. The number of amides is 1. The van der Waals surface area contributed by atoms with Crippen molar-refractivity contribution >= 4 is 22.0 Å². The molecule has 1 aromatic heterocycles. The van der Waals surface area contributed by atoms with Crippen molar-refractivity contribution in [2.45, 2.75) is 45.8 Å². The van der Waals surface area contributed by atoms with Gasteiger partial charge in [0.15, 0.2) is 0 Å². The van der Waals surface area contributed by atoms with Gasteiger partial charge >= 0.3 is 6.09 Å². The zero-order valence-electron chi connectivity index (χ0n) is 15.1. The summed E-state index contributed by atoms with van der Waals surface area (Å²) in [7, 11) is 2.13. The minimum absolute atomic E-state index is 0.187. The van der Waals surface area contributed by atoms with Crippen molar-refractivity contribution in [2.75, 3.05) is 26.7 Å². The van der Waals surface area contributed by atoms with E-state index in [1.54, 1.807) is 0 Å². The average molecular weight is 398 g/mol. The Kier molecular flexibility index (Phi) is 6.63. The minimum Gasteiger partial charge on any atom is -0.444 e. The first-order chi connectivity index (χ1) is 11.2. The fourth-order valence-corrected chi connectivity index (χ4v) is 3.48. The summed E-state index contributed by atoms with van der Waals surface area (Å²) in [5.41, 5.74) is 0.800. The van der Waals surface area contributed by atoms with Gasteiger partial charge in [-0.05, 0) is 80.2 Å². The quantitative estimate of drug-likeness (QED) is 0.722. The number of nitrogens with zero attached hydrogens (tertiary/aromatic N) is 3. The van der Waals surface area contributed by atoms with E-state index in [4.69, 9.17) is 4.74 Å². The molecule has 0 aromatic carbocycles. The van der Waals surface area contributed by atoms with Crippen LogP contribution >= 0.6 is 15.9 Å². The van der Waals surface area contributed by atoms with Crippen molar-refractivity contribution in [1.82, 2.24) is 14.8 Å². The summed E-state index contributed by atoms with van der Waals surface area (Å²) in [5.74, 6) is 0.488. The van der Waals surface area contributed by atoms with Gasteiger partial charge in [0.1, 0.15) is 10.2 Å². The van der Waals surface area contributed by atoms with Crippen LogP contribution in [0.1, 0.15) is 39.2 Å². The number of carbonyl (C=O) groups is 1.